The molecule has 1 aliphatic carbocycles. The molecule has 0 radical (unpaired) electrons. The van der Waals surface area contributed by atoms with Crippen molar-refractivity contribution in [2.75, 3.05) is 25.0 Å². The summed E-state index contributed by atoms with van der Waals surface area (Å²) in [7, 11) is 0. The summed E-state index contributed by atoms with van der Waals surface area (Å²) in [4.78, 5) is 22.8. The molecule has 5 nitrogen and oxygen atoms in total. The highest BCUT2D eigenvalue weighted by Gasteiger charge is 2.48. The van der Waals surface area contributed by atoms with E-state index in [1.165, 1.54) is 18.2 Å². The van der Waals surface area contributed by atoms with Crippen LogP contribution in [0.25, 0.3) is 0 Å². The van der Waals surface area contributed by atoms with E-state index in [1.54, 1.807) is 18.5 Å². The van der Waals surface area contributed by atoms with Crippen LogP contribution in [0, 0.1) is 23.5 Å². The van der Waals surface area contributed by atoms with Crippen molar-refractivity contribution in [3.05, 3.63) is 53.9 Å². The molecular formula is C20H22F2N4O. The van der Waals surface area contributed by atoms with Gasteiger partial charge in [-0.25, -0.2) is 18.7 Å². The normalized spacial score (nSPS) is 22.5. The fourth-order valence-corrected chi connectivity index (χ4v) is 3.87. The second-order valence-electron chi connectivity index (χ2n) is 7.31. The Labute approximate surface area is 156 Å². The molecule has 2 unspecified atom stereocenters. The molecule has 0 spiro atoms. The van der Waals surface area contributed by atoms with Crippen molar-refractivity contribution >= 4 is 11.9 Å². The van der Waals surface area contributed by atoms with E-state index >= 15 is 0 Å². The number of halogens is 2. The summed E-state index contributed by atoms with van der Waals surface area (Å²) in [5.74, 6) is -0.621. The molecule has 1 aliphatic heterocycles. The van der Waals surface area contributed by atoms with E-state index < -0.39 is 11.6 Å². The first-order chi connectivity index (χ1) is 13.1. The lowest BCUT2D eigenvalue weighted by Gasteiger charge is -2.32. The van der Waals surface area contributed by atoms with Crippen molar-refractivity contribution in [2.24, 2.45) is 11.8 Å². The molecule has 1 saturated heterocycles. The van der Waals surface area contributed by atoms with Gasteiger partial charge >= 0.3 is 0 Å². The maximum absolute atomic E-state index is 13.9. The summed E-state index contributed by atoms with van der Waals surface area (Å²) >= 11 is 0. The third-order valence-corrected chi connectivity index (χ3v) is 5.52. The van der Waals surface area contributed by atoms with Crippen LogP contribution in [0.4, 0.5) is 14.7 Å². The summed E-state index contributed by atoms with van der Waals surface area (Å²) in [5.41, 5.74) is 0.0674. The van der Waals surface area contributed by atoms with Gasteiger partial charge in [0.15, 0.2) is 0 Å². The van der Waals surface area contributed by atoms with Crippen LogP contribution in [-0.2, 0) is 4.79 Å². The van der Waals surface area contributed by atoms with Crippen molar-refractivity contribution in [3.8, 4) is 0 Å². The molecule has 2 fully saturated rings. The average Bonchev–Trinajstić information content (AvgIpc) is 3.47. The van der Waals surface area contributed by atoms with Crippen molar-refractivity contribution < 1.29 is 13.6 Å². The highest BCUT2D eigenvalue weighted by Crippen LogP contribution is 2.50. The van der Waals surface area contributed by atoms with Gasteiger partial charge in [-0.3, -0.25) is 4.79 Å². The van der Waals surface area contributed by atoms with Crippen LogP contribution in [-0.4, -0.2) is 40.4 Å². The number of nitrogens with zero attached hydrogens (tertiary/aromatic N) is 3. The van der Waals surface area contributed by atoms with Crippen molar-refractivity contribution in [2.45, 2.75) is 25.2 Å². The lowest BCUT2D eigenvalue weighted by molar-refractivity contribution is -0.134. The molecule has 142 valence electrons. The zero-order valence-corrected chi connectivity index (χ0v) is 14.9. The van der Waals surface area contributed by atoms with Gasteiger partial charge in [0.2, 0.25) is 11.9 Å². The first kappa shape index (κ1) is 17.8. The number of aromatic nitrogens is 2. The second-order valence-corrected chi connectivity index (χ2v) is 7.31. The van der Waals surface area contributed by atoms with Crippen LogP contribution in [0.1, 0.15) is 30.7 Å². The number of likely N-dealkylation sites (tertiary alicyclic amines) is 1. The van der Waals surface area contributed by atoms with Crippen molar-refractivity contribution in [1.82, 2.24) is 14.9 Å². The molecule has 2 atom stereocenters. The summed E-state index contributed by atoms with van der Waals surface area (Å²) in [5, 5.41) is 3.23. The standard InChI is InChI=1S/C20H22F2N4O/c21-16-3-1-4-17(22)18(16)14-11-15(14)19(27)26-9-5-13(6-10-26)12-25-20-23-7-2-8-24-20/h1-4,7-8,13-15H,5-6,9-12H2,(H,23,24,25). The number of carbonyl (C=O) groups is 1. The topological polar surface area (TPSA) is 58.1 Å². The molecule has 1 N–H and O–H groups in total. The Balaban J connectivity index is 1.27. The van der Waals surface area contributed by atoms with E-state index in [0.717, 1.165) is 19.4 Å². The number of amides is 1. The summed E-state index contributed by atoms with van der Waals surface area (Å²) < 4.78 is 27.8. The molecule has 0 bridgehead atoms. The first-order valence-corrected chi connectivity index (χ1v) is 9.37. The van der Waals surface area contributed by atoms with Gasteiger partial charge < -0.3 is 10.2 Å². The SMILES string of the molecule is O=C(C1CC1c1c(F)cccc1F)N1CCC(CNc2ncccn2)CC1. The number of carbonyl (C=O) groups excluding carboxylic acids is 1. The second kappa shape index (κ2) is 7.58. The van der Waals surface area contributed by atoms with E-state index in [-0.39, 0.29) is 23.3 Å². The summed E-state index contributed by atoms with van der Waals surface area (Å²) in [6.07, 6.45) is 5.72. The minimum absolute atomic E-state index is 0.0282. The molecule has 2 heterocycles. The predicted molar refractivity (Wildman–Crippen MR) is 97.0 cm³/mol. The quantitative estimate of drug-likeness (QED) is 0.876. The van der Waals surface area contributed by atoms with Crippen LogP contribution in [0.2, 0.25) is 0 Å². The maximum atomic E-state index is 13.9. The molecule has 1 aromatic heterocycles. The number of piperidine rings is 1. The minimum atomic E-state index is -0.553. The Morgan fingerprint density at radius 1 is 1.11 bits per heavy atom. The largest absolute Gasteiger partial charge is 0.354 e. The van der Waals surface area contributed by atoms with Crippen LogP contribution < -0.4 is 5.32 Å². The number of hydrogen-bond donors (Lipinski definition) is 1. The van der Waals surface area contributed by atoms with E-state index in [1.807, 2.05) is 4.90 Å². The average molecular weight is 372 g/mol. The zero-order chi connectivity index (χ0) is 18.8. The molecule has 2 aromatic rings. The fourth-order valence-electron chi connectivity index (χ4n) is 3.87. The summed E-state index contributed by atoms with van der Waals surface area (Å²) in [6.45, 7) is 2.14. The van der Waals surface area contributed by atoms with Gasteiger partial charge in [-0.15, -0.1) is 0 Å². The Morgan fingerprint density at radius 3 is 2.44 bits per heavy atom. The number of hydrogen-bond acceptors (Lipinski definition) is 4. The summed E-state index contributed by atoms with van der Waals surface area (Å²) in [6, 6.07) is 5.64. The number of nitrogens with one attached hydrogen (secondary N) is 1. The smallest absolute Gasteiger partial charge is 0.226 e. The molecule has 1 amide bonds. The first-order valence-electron chi connectivity index (χ1n) is 9.37. The van der Waals surface area contributed by atoms with E-state index in [0.29, 0.717) is 31.4 Å². The van der Waals surface area contributed by atoms with Gasteiger partial charge in [0.05, 0.1) is 0 Å². The minimum Gasteiger partial charge on any atom is -0.354 e. The molecule has 1 saturated carbocycles. The fraction of sp³-hybridized carbons (Fsp3) is 0.450. The van der Waals surface area contributed by atoms with Gasteiger partial charge in [-0.2, -0.15) is 0 Å². The molecule has 1 aromatic carbocycles. The van der Waals surface area contributed by atoms with Gasteiger partial charge in [-0.1, -0.05) is 6.07 Å². The third-order valence-electron chi connectivity index (χ3n) is 5.52. The Kier molecular flexibility index (Phi) is 5.01. The molecule has 2 aliphatic rings. The van der Waals surface area contributed by atoms with Crippen LogP contribution in [0.3, 0.4) is 0 Å². The van der Waals surface area contributed by atoms with Gasteiger partial charge in [-0.05, 0) is 43.4 Å². The van der Waals surface area contributed by atoms with Gasteiger partial charge in [0.25, 0.3) is 0 Å². The Morgan fingerprint density at radius 2 is 1.78 bits per heavy atom. The number of benzene rings is 1. The van der Waals surface area contributed by atoms with E-state index in [4.69, 9.17) is 0 Å². The predicted octanol–water partition coefficient (Wildman–Crippen LogP) is 3.21. The monoisotopic (exact) mass is 372 g/mol. The van der Waals surface area contributed by atoms with E-state index in [2.05, 4.69) is 15.3 Å². The number of rotatable bonds is 5. The lowest BCUT2D eigenvalue weighted by atomic mass is 9.96. The van der Waals surface area contributed by atoms with Gasteiger partial charge in [0.1, 0.15) is 11.6 Å². The highest BCUT2D eigenvalue weighted by molar-refractivity contribution is 5.83. The Hall–Kier alpha value is -2.57. The van der Waals surface area contributed by atoms with Crippen LogP contribution >= 0.6 is 0 Å². The zero-order valence-electron chi connectivity index (χ0n) is 14.9. The Bertz CT molecular complexity index is 789. The molecule has 7 heteroatoms. The maximum Gasteiger partial charge on any atom is 0.226 e. The number of anilines is 1. The van der Waals surface area contributed by atoms with Gasteiger partial charge in [0, 0.05) is 49.4 Å². The molecular weight excluding hydrogens is 350 g/mol. The third kappa shape index (κ3) is 3.91. The highest BCUT2D eigenvalue weighted by atomic mass is 19.1. The lowest BCUT2D eigenvalue weighted by Crippen LogP contribution is -2.41. The van der Waals surface area contributed by atoms with Crippen LogP contribution in [0.15, 0.2) is 36.7 Å². The van der Waals surface area contributed by atoms with Crippen LogP contribution in [0.5, 0.6) is 0 Å². The van der Waals surface area contributed by atoms with E-state index in [9.17, 15) is 13.6 Å². The molecule has 4 rings (SSSR count). The van der Waals surface area contributed by atoms with Crippen molar-refractivity contribution in [1.29, 1.82) is 0 Å². The molecule has 27 heavy (non-hydrogen) atoms. The van der Waals surface area contributed by atoms with Crippen molar-refractivity contribution in [3.63, 3.8) is 0 Å².